The van der Waals surface area contributed by atoms with Gasteiger partial charge in [0.05, 0.1) is 7.11 Å². The quantitative estimate of drug-likeness (QED) is 0.706. The first kappa shape index (κ1) is 12.4. The molecule has 0 amide bonds. The van der Waals surface area contributed by atoms with E-state index in [1.165, 1.54) is 11.1 Å². The highest BCUT2D eigenvalue weighted by atomic mass is 35.5. The summed E-state index contributed by atoms with van der Waals surface area (Å²) in [5.41, 5.74) is 2.48. The molecule has 1 atom stereocenters. The number of halogens is 1. The van der Waals surface area contributed by atoms with Crippen LogP contribution in [0.5, 0.6) is 5.75 Å². The summed E-state index contributed by atoms with van der Waals surface area (Å²) in [6.07, 6.45) is 0. The van der Waals surface area contributed by atoms with Crippen molar-refractivity contribution in [3.63, 3.8) is 0 Å². The first-order valence-corrected chi connectivity index (χ1v) is 5.84. The molecule has 0 N–H and O–H groups in total. The fourth-order valence-corrected chi connectivity index (χ4v) is 2.29. The lowest BCUT2D eigenvalue weighted by molar-refractivity contribution is 0.399. The van der Waals surface area contributed by atoms with Gasteiger partial charge in [-0.05, 0) is 24.5 Å². The molecular formula is C13H19ClO. The van der Waals surface area contributed by atoms with E-state index in [0.29, 0.717) is 17.7 Å². The Morgan fingerprint density at radius 3 is 2.47 bits per heavy atom. The monoisotopic (exact) mass is 226 g/mol. The van der Waals surface area contributed by atoms with Crippen LogP contribution in [0.4, 0.5) is 0 Å². The van der Waals surface area contributed by atoms with E-state index < -0.39 is 0 Å². The van der Waals surface area contributed by atoms with E-state index in [9.17, 15) is 0 Å². The molecule has 0 bridgehead atoms. The standard InChI is InChI=1S/C13H19ClO/c1-9(2)12(8-14)11-7-10(3)5-6-13(11)15-4/h5-7,9,12H,8H2,1-4H3. The fourth-order valence-electron chi connectivity index (χ4n) is 1.76. The Morgan fingerprint density at radius 2 is 2.00 bits per heavy atom. The van der Waals surface area contributed by atoms with Gasteiger partial charge in [0.15, 0.2) is 0 Å². The number of methoxy groups -OCH3 is 1. The minimum atomic E-state index is 0.363. The van der Waals surface area contributed by atoms with Crippen molar-refractivity contribution in [3.8, 4) is 5.75 Å². The van der Waals surface area contributed by atoms with Crippen LogP contribution >= 0.6 is 11.6 Å². The average molecular weight is 227 g/mol. The van der Waals surface area contributed by atoms with Crippen LogP contribution in [0.2, 0.25) is 0 Å². The van der Waals surface area contributed by atoms with Gasteiger partial charge in [-0.25, -0.2) is 0 Å². The van der Waals surface area contributed by atoms with E-state index in [0.717, 1.165) is 5.75 Å². The van der Waals surface area contributed by atoms with Crippen LogP contribution in [0.25, 0.3) is 0 Å². The van der Waals surface area contributed by atoms with Gasteiger partial charge in [0, 0.05) is 11.8 Å². The molecule has 0 fully saturated rings. The molecule has 0 saturated carbocycles. The predicted molar refractivity (Wildman–Crippen MR) is 66.0 cm³/mol. The summed E-state index contributed by atoms with van der Waals surface area (Å²) in [4.78, 5) is 0. The van der Waals surface area contributed by atoms with Crippen molar-refractivity contribution in [3.05, 3.63) is 29.3 Å². The zero-order chi connectivity index (χ0) is 11.4. The Bertz CT molecular complexity index is 320. The molecule has 0 aliphatic carbocycles. The third-order valence-electron chi connectivity index (χ3n) is 2.76. The van der Waals surface area contributed by atoms with Gasteiger partial charge in [-0.2, -0.15) is 0 Å². The molecule has 1 nitrogen and oxygen atoms in total. The number of hydrogen-bond donors (Lipinski definition) is 0. The van der Waals surface area contributed by atoms with E-state index >= 15 is 0 Å². The smallest absolute Gasteiger partial charge is 0.122 e. The molecule has 15 heavy (non-hydrogen) atoms. The first-order valence-electron chi connectivity index (χ1n) is 5.30. The lowest BCUT2D eigenvalue weighted by Gasteiger charge is -2.21. The van der Waals surface area contributed by atoms with Crippen molar-refractivity contribution in [2.24, 2.45) is 5.92 Å². The van der Waals surface area contributed by atoms with Gasteiger partial charge < -0.3 is 4.74 Å². The molecule has 0 aliphatic heterocycles. The second-order valence-electron chi connectivity index (χ2n) is 4.25. The van der Waals surface area contributed by atoms with E-state index in [-0.39, 0.29) is 0 Å². The zero-order valence-electron chi connectivity index (χ0n) is 9.88. The Morgan fingerprint density at radius 1 is 1.33 bits per heavy atom. The van der Waals surface area contributed by atoms with E-state index in [4.69, 9.17) is 16.3 Å². The van der Waals surface area contributed by atoms with Gasteiger partial charge in [0.2, 0.25) is 0 Å². The van der Waals surface area contributed by atoms with Crippen LogP contribution in [0.3, 0.4) is 0 Å². The van der Waals surface area contributed by atoms with Gasteiger partial charge >= 0.3 is 0 Å². The normalized spacial score (nSPS) is 12.9. The zero-order valence-corrected chi connectivity index (χ0v) is 10.6. The predicted octanol–water partition coefficient (Wildman–Crippen LogP) is 3.98. The molecular weight excluding hydrogens is 208 g/mol. The van der Waals surface area contributed by atoms with Gasteiger partial charge in [-0.3, -0.25) is 0 Å². The van der Waals surface area contributed by atoms with E-state index in [1.54, 1.807) is 7.11 Å². The second-order valence-corrected chi connectivity index (χ2v) is 4.56. The number of hydrogen-bond acceptors (Lipinski definition) is 1. The second kappa shape index (κ2) is 5.41. The van der Waals surface area contributed by atoms with Crippen LogP contribution in [-0.2, 0) is 0 Å². The maximum absolute atomic E-state index is 6.02. The van der Waals surface area contributed by atoms with Gasteiger partial charge in [0.1, 0.15) is 5.75 Å². The average Bonchev–Trinajstić information content (AvgIpc) is 2.18. The van der Waals surface area contributed by atoms with E-state index in [2.05, 4.69) is 32.9 Å². The molecule has 0 spiro atoms. The molecule has 1 aromatic carbocycles. The molecule has 1 aromatic rings. The summed E-state index contributed by atoms with van der Waals surface area (Å²) in [5.74, 6) is 2.47. The third kappa shape index (κ3) is 2.88. The molecule has 1 rings (SSSR count). The Balaban J connectivity index is 3.13. The molecule has 0 heterocycles. The van der Waals surface area contributed by atoms with Crippen molar-refractivity contribution in [1.82, 2.24) is 0 Å². The maximum Gasteiger partial charge on any atom is 0.122 e. The molecule has 84 valence electrons. The summed E-state index contributed by atoms with van der Waals surface area (Å²) >= 11 is 6.02. The molecule has 0 aliphatic rings. The van der Waals surface area contributed by atoms with Crippen molar-refractivity contribution in [2.45, 2.75) is 26.7 Å². The minimum Gasteiger partial charge on any atom is -0.496 e. The van der Waals surface area contributed by atoms with Gasteiger partial charge in [0.25, 0.3) is 0 Å². The Hall–Kier alpha value is -0.690. The number of alkyl halides is 1. The third-order valence-corrected chi connectivity index (χ3v) is 3.09. The maximum atomic E-state index is 6.02. The summed E-state index contributed by atoms with van der Waals surface area (Å²) in [6, 6.07) is 6.26. The molecule has 2 heteroatoms. The Labute approximate surface area is 97.4 Å². The fraction of sp³-hybridized carbons (Fsp3) is 0.538. The number of rotatable bonds is 4. The summed E-state index contributed by atoms with van der Waals surface area (Å²) in [7, 11) is 1.71. The summed E-state index contributed by atoms with van der Waals surface area (Å²) in [5, 5.41) is 0. The number of benzene rings is 1. The highest BCUT2D eigenvalue weighted by molar-refractivity contribution is 6.18. The van der Waals surface area contributed by atoms with Crippen molar-refractivity contribution in [1.29, 1.82) is 0 Å². The van der Waals surface area contributed by atoms with Crippen molar-refractivity contribution in [2.75, 3.05) is 13.0 Å². The van der Waals surface area contributed by atoms with Crippen molar-refractivity contribution >= 4 is 11.6 Å². The van der Waals surface area contributed by atoms with Crippen LogP contribution < -0.4 is 4.74 Å². The number of ether oxygens (including phenoxy) is 1. The lowest BCUT2D eigenvalue weighted by Crippen LogP contribution is -2.10. The van der Waals surface area contributed by atoms with Crippen LogP contribution in [-0.4, -0.2) is 13.0 Å². The van der Waals surface area contributed by atoms with Gasteiger partial charge in [-0.15, -0.1) is 11.6 Å². The van der Waals surface area contributed by atoms with Crippen LogP contribution in [0, 0.1) is 12.8 Å². The molecule has 0 saturated heterocycles. The topological polar surface area (TPSA) is 9.23 Å². The van der Waals surface area contributed by atoms with E-state index in [1.807, 2.05) is 6.07 Å². The van der Waals surface area contributed by atoms with Gasteiger partial charge in [-0.1, -0.05) is 31.5 Å². The minimum absolute atomic E-state index is 0.363. The van der Waals surface area contributed by atoms with Crippen LogP contribution in [0.15, 0.2) is 18.2 Å². The summed E-state index contributed by atoms with van der Waals surface area (Å²) in [6.45, 7) is 6.47. The van der Waals surface area contributed by atoms with Crippen LogP contribution in [0.1, 0.15) is 30.9 Å². The highest BCUT2D eigenvalue weighted by Gasteiger charge is 2.18. The molecule has 0 aromatic heterocycles. The summed E-state index contributed by atoms with van der Waals surface area (Å²) < 4.78 is 5.37. The Kier molecular flexibility index (Phi) is 4.46. The SMILES string of the molecule is COc1ccc(C)cc1C(CCl)C(C)C. The number of aryl methyl sites for hydroxylation is 1. The molecule has 0 radical (unpaired) electrons. The molecule has 1 unspecified atom stereocenters. The lowest BCUT2D eigenvalue weighted by atomic mass is 9.88. The highest BCUT2D eigenvalue weighted by Crippen LogP contribution is 2.33. The van der Waals surface area contributed by atoms with Crippen molar-refractivity contribution < 1.29 is 4.74 Å². The first-order chi connectivity index (χ1) is 7.10. The largest absolute Gasteiger partial charge is 0.496 e.